The Kier molecular flexibility index (Phi) is 8.88. The lowest BCUT2D eigenvalue weighted by atomic mass is 9.98. The van der Waals surface area contributed by atoms with Gasteiger partial charge in [-0.2, -0.15) is 0 Å². The van der Waals surface area contributed by atoms with E-state index < -0.39 is 0 Å². The van der Waals surface area contributed by atoms with Crippen LogP contribution in [0.5, 0.6) is 0 Å². The Balaban J connectivity index is 0.000000217. The van der Waals surface area contributed by atoms with Gasteiger partial charge in [-0.05, 0) is 19.9 Å². The molecule has 0 aliphatic heterocycles. The van der Waals surface area contributed by atoms with E-state index in [0.717, 1.165) is 12.8 Å². The highest BCUT2D eigenvalue weighted by atomic mass is 16.3. The summed E-state index contributed by atoms with van der Waals surface area (Å²) in [5, 5.41) is 19.7. The van der Waals surface area contributed by atoms with E-state index in [1.807, 2.05) is 0 Å². The molecular weight excluding hydrogens is 154 g/mol. The molecule has 0 radical (unpaired) electrons. The van der Waals surface area contributed by atoms with E-state index in [4.69, 9.17) is 10.2 Å². The standard InChI is InChI=1S/C6H12O.C3H9NO/c7-6-4-2-1-3-5-6;1-4-2-3-5/h6-7H,1-5H2;4-5H,2-3H2,1H3. The van der Waals surface area contributed by atoms with Crippen molar-refractivity contribution in [1.29, 1.82) is 0 Å². The molecule has 1 aliphatic carbocycles. The lowest BCUT2D eigenvalue weighted by Gasteiger charge is -2.14. The van der Waals surface area contributed by atoms with Gasteiger partial charge in [0.25, 0.3) is 0 Å². The second-order valence-corrected chi connectivity index (χ2v) is 3.12. The summed E-state index contributed by atoms with van der Waals surface area (Å²) < 4.78 is 0. The van der Waals surface area contributed by atoms with Gasteiger partial charge >= 0.3 is 0 Å². The Morgan fingerprint density at radius 1 is 1.25 bits per heavy atom. The van der Waals surface area contributed by atoms with Crippen molar-refractivity contribution in [3.63, 3.8) is 0 Å². The molecule has 0 atom stereocenters. The fourth-order valence-electron chi connectivity index (χ4n) is 1.19. The molecule has 0 bridgehead atoms. The van der Waals surface area contributed by atoms with Crippen LogP contribution in [0.3, 0.4) is 0 Å². The van der Waals surface area contributed by atoms with Gasteiger partial charge in [0.2, 0.25) is 0 Å². The van der Waals surface area contributed by atoms with Gasteiger partial charge in [-0.3, -0.25) is 0 Å². The summed E-state index contributed by atoms with van der Waals surface area (Å²) in [6, 6.07) is 0. The van der Waals surface area contributed by atoms with Gasteiger partial charge in [0, 0.05) is 6.54 Å². The summed E-state index contributed by atoms with van der Waals surface area (Å²) >= 11 is 0. The minimum absolute atomic E-state index is 0.0359. The minimum atomic E-state index is 0.0359. The molecule has 0 unspecified atom stereocenters. The molecule has 1 rings (SSSR count). The number of hydrogen-bond donors (Lipinski definition) is 3. The number of rotatable bonds is 2. The number of aliphatic hydroxyl groups excluding tert-OH is 2. The molecule has 1 fully saturated rings. The Hall–Kier alpha value is -0.120. The van der Waals surface area contributed by atoms with Gasteiger partial charge in [-0.25, -0.2) is 0 Å². The summed E-state index contributed by atoms with van der Waals surface area (Å²) in [4.78, 5) is 0. The first-order valence-electron chi connectivity index (χ1n) is 4.74. The first-order chi connectivity index (χ1) is 5.81. The Labute approximate surface area is 74.8 Å². The molecule has 1 saturated carbocycles. The van der Waals surface area contributed by atoms with E-state index in [-0.39, 0.29) is 12.7 Å². The zero-order valence-electron chi connectivity index (χ0n) is 7.92. The first-order valence-corrected chi connectivity index (χ1v) is 4.74. The van der Waals surface area contributed by atoms with Crippen LogP contribution in [-0.4, -0.2) is 36.5 Å². The Morgan fingerprint density at radius 2 is 1.83 bits per heavy atom. The Morgan fingerprint density at radius 3 is 2.00 bits per heavy atom. The lowest BCUT2D eigenvalue weighted by Crippen LogP contribution is -2.10. The van der Waals surface area contributed by atoms with E-state index in [1.165, 1.54) is 19.3 Å². The fraction of sp³-hybridized carbons (Fsp3) is 1.00. The lowest BCUT2D eigenvalue weighted by molar-refractivity contribution is 0.130. The van der Waals surface area contributed by atoms with Crippen molar-refractivity contribution in [1.82, 2.24) is 5.32 Å². The summed E-state index contributed by atoms with van der Waals surface area (Å²) in [6.07, 6.45) is 5.92. The first kappa shape index (κ1) is 11.9. The maximum absolute atomic E-state index is 8.91. The van der Waals surface area contributed by atoms with Gasteiger partial charge in [0.1, 0.15) is 0 Å². The molecule has 12 heavy (non-hydrogen) atoms. The quantitative estimate of drug-likeness (QED) is 0.573. The molecule has 0 aromatic heterocycles. The van der Waals surface area contributed by atoms with Crippen molar-refractivity contribution in [2.45, 2.75) is 38.2 Å². The molecular formula is C9H21NO2. The van der Waals surface area contributed by atoms with Gasteiger partial charge in [0.05, 0.1) is 12.7 Å². The monoisotopic (exact) mass is 175 g/mol. The van der Waals surface area contributed by atoms with Gasteiger partial charge < -0.3 is 15.5 Å². The predicted molar refractivity (Wildman–Crippen MR) is 50.1 cm³/mol. The third kappa shape index (κ3) is 7.98. The largest absolute Gasteiger partial charge is 0.395 e. The van der Waals surface area contributed by atoms with E-state index in [2.05, 4.69) is 5.32 Å². The van der Waals surface area contributed by atoms with Crippen molar-refractivity contribution < 1.29 is 10.2 Å². The molecule has 0 aromatic carbocycles. The molecule has 3 nitrogen and oxygen atoms in total. The number of aliphatic hydroxyl groups is 2. The number of hydrogen-bond acceptors (Lipinski definition) is 3. The maximum Gasteiger partial charge on any atom is 0.0555 e. The van der Waals surface area contributed by atoms with Crippen LogP contribution in [0.2, 0.25) is 0 Å². The van der Waals surface area contributed by atoms with Crippen LogP contribution >= 0.6 is 0 Å². The molecule has 0 amide bonds. The molecule has 74 valence electrons. The third-order valence-corrected chi connectivity index (χ3v) is 1.94. The van der Waals surface area contributed by atoms with E-state index in [9.17, 15) is 0 Å². The van der Waals surface area contributed by atoms with Gasteiger partial charge in [-0.1, -0.05) is 19.3 Å². The molecule has 0 saturated heterocycles. The molecule has 3 N–H and O–H groups in total. The molecule has 1 aliphatic rings. The van der Waals surface area contributed by atoms with Crippen LogP contribution in [0.4, 0.5) is 0 Å². The number of nitrogens with one attached hydrogen (secondary N) is 1. The normalized spacial score (nSPS) is 18.2. The third-order valence-electron chi connectivity index (χ3n) is 1.94. The SMILES string of the molecule is CNCCO.OC1CCCCC1. The summed E-state index contributed by atoms with van der Waals surface area (Å²) in [6.45, 7) is 0.927. The highest BCUT2D eigenvalue weighted by molar-refractivity contribution is 4.61. The molecule has 0 heterocycles. The van der Waals surface area contributed by atoms with E-state index in [1.54, 1.807) is 7.05 Å². The maximum atomic E-state index is 8.91. The second kappa shape index (κ2) is 8.97. The minimum Gasteiger partial charge on any atom is -0.395 e. The van der Waals surface area contributed by atoms with Crippen molar-refractivity contribution in [3.05, 3.63) is 0 Å². The summed E-state index contributed by atoms with van der Waals surface area (Å²) in [5.74, 6) is 0. The van der Waals surface area contributed by atoms with Crippen LogP contribution in [-0.2, 0) is 0 Å². The zero-order chi connectivity index (χ0) is 9.23. The van der Waals surface area contributed by atoms with Crippen molar-refractivity contribution in [2.24, 2.45) is 0 Å². The van der Waals surface area contributed by atoms with Crippen molar-refractivity contribution in [2.75, 3.05) is 20.2 Å². The highest BCUT2D eigenvalue weighted by Gasteiger charge is 2.07. The molecule has 3 heteroatoms. The van der Waals surface area contributed by atoms with Crippen LogP contribution < -0.4 is 5.32 Å². The van der Waals surface area contributed by atoms with Crippen LogP contribution in [0.1, 0.15) is 32.1 Å². The topological polar surface area (TPSA) is 52.5 Å². The summed E-state index contributed by atoms with van der Waals surface area (Å²) in [7, 11) is 1.80. The van der Waals surface area contributed by atoms with Gasteiger partial charge in [-0.15, -0.1) is 0 Å². The smallest absolute Gasteiger partial charge is 0.0555 e. The Bertz CT molecular complexity index is 80.6. The van der Waals surface area contributed by atoms with Crippen LogP contribution in [0.25, 0.3) is 0 Å². The average molecular weight is 175 g/mol. The van der Waals surface area contributed by atoms with E-state index >= 15 is 0 Å². The predicted octanol–water partition coefficient (Wildman–Crippen LogP) is 0.509. The highest BCUT2D eigenvalue weighted by Crippen LogP contribution is 2.16. The molecule has 0 aromatic rings. The average Bonchev–Trinajstić information content (AvgIpc) is 2.08. The van der Waals surface area contributed by atoms with E-state index in [0.29, 0.717) is 6.54 Å². The van der Waals surface area contributed by atoms with Crippen LogP contribution in [0.15, 0.2) is 0 Å². The molecule has 0 spiro atoms. The van der Waals surface area contributed by atoms with Crippen molar-refractivity contribution in [3.8, 4) is 0 Å². The second-order valence-electron chi connectivity index (χ2n) is 3.12. The van der Waals surface area contributed by atoms with Gasteiger partial charge in [0.15, 0.2) is 0 Å². The number of likely N-dealkylation sites (N-methyl/N-ethyl adjacent to an activating group) is 1. The fourth-order valence-corrected chi connectivity index (χ4v) is 1.19. The van der Waals surface area contributed by atoms with Crippen LogP contribution in [0, 0.1) is 0 Å². The summed E-state index contributed by atoms with van der Waals surface area (Å²) in [5.41, 5.74) is 0. The van der Waals surface area contributed by atoms with Crippen molar-refractivity contribution >= 4 is 0 Å². The zero-order valence-corrected chi connectivity index (χ0v) is 7.92.